The fourth-order valence-corrected chi connectivity index (χ4v) is 4.38. The number of hydrogen-bond donors (Lipinski definition) is 3. The molecule has 3 aliphatic carbocycles. The quantitative estimate of drug-likeness (QED) is 0.529. The van der Waals surface area contributed by atoms with Gasteiger partial charge in [-0.1, -0.05) is 6.42 Å². The molecule has 0 spiro atoms. The van der Waals surface area contributed by atoms with Gasteiger partial charge in [-0.25, -0.2) is 0 Å². The lowest BCUT2D eigenvalue weighted by molar-refractivity contribution is -0.315. The van der Waals surface area contributed by atoms with Crippen molar-refractivity contribution in [2.45, 2.75) is 55.8 Å². The predicted octanol–water partition coefficient (Wildman–Crippen LogP) is 0.423. The molecule has 0 heterocycles. The summed E-state index contributed by atoms with van der Waals surface area (Å²) in [6.07, 6.45) is 4.59. The summed E-state index contributed by atoms with van der Waals surface area (Å²) < 4.78 is 0. The number of hydrogen-bond acceptors (Lipinski definition) is 3. The molecular weight excluding hydrogens is 180 g/mol. The van der Waals surface area contributed by atoms with Crippen molar-refractivity contribution in [3.05, 3.63) is 0 Å². The third kappa shape index (κ3) is 0.802. The molecule has 14 heavy (non-hydrogen) atoms. The average Bonchev–Trinajstić information content (AvgIpc) is 2.44. The first-order valence-corrected chi connectivity index (χ1v) is 5.72. The first-order chi connectivity index (χ1) is 6.59. The molecule has 0 aromatic carbocycles. The van der Waals surface area contributed by atoms with E-state index in [1.807, 2.05) is 0 Å². The first-order valence-electron chi connectivity index (χ1n) is 5.72. The van der Waals surface area contributed by atoms with Crippen molar-refractivity contribution in [1.82, 2.24) is 0 Å². The Balaban J connectivity index is 1.96. The smallest absolute Gasteiger partial charge is 0.0783 e. The Morgan fingerprint density at radius 1 is 0.929 bits per heavy atom. The molecule has 5 atom stereocenters. The van der Waals surface area contributed by atoms with Crippen LogP contribution in [0.3, 0.4) is 0 Å². The molecule has 3 nitrogen and oxygen atoms in total. The Kier molecular flexibility index (Phi) is 1.64. The van der Waals surface area contributed by atoms with Crippen LogP contribution in [0.1, 0.15) is 38.5 Å². The van der Waals surface area contributed by atoms with Crippen LogP contribution < -0.4 is 0 Å². The highest BCUT2D eigenvalue weighted by Gasteiger charge is 2.73. The minimum Gasteiger partial charge on any atom is -0.393 e. The van der Waals surface area contributed by atoms with Gasteiger partial charge in [-0.3, -0.25) is 0 Å². The molecule has 0 amide bonds. The monoisotopic (exact) mass is 198 g/mol. The van der Waals surface area contributed by atoms with Gasteiger partial charge in [0, 0.05) is 11.8 Å². The van der Waals surface area contributed by atoms with Crippen molar-refractivity contribution in [2.24, 2.45) is 11.8 Å². The zero-order valence-electron chi connectivity index (χ0n) is 8.32. The van der Waals surface area contributed by atoms with Crippen molar-refractivity contribution >= 4 is 0 Å². The summed E-state index contributed by atoms with van der Waals surface area (Å²) >= 11 is 0. The maximum atomic E-state index is 10.4. The van der Waals surface area contributed by atoms with Crippen LogP contribution in [0.5, 0.6) is 0 Å². The highest BCUT2D eigenvalue weighted by molar-refractivity contribution is 5.23. The summed E-state index contributed by atoms with van der Waals surface area (Å²) in [6.45, 7) is 0. The Bertz CT molecular complexity index is 267. The minimum atomic E-state index is -0.747. The molecule has 3 aliphatic rings. The van der Waals surface area contributed by atoms with Crippen LogP contribution in [0.15, 0.2) is 0 Å². The Morgan fingerprint density at radius 3 is 2.14 bits per heavy atom. The van der Waals surface area contributed by atoms with Gasteiger partial charge in [0.05, 0.1) is 17.3 Å². The van der Waals surface area contributed by atoms with Crippen LogP contribution in [0, 0.1) is 11.8 Å². The van der Waals surface area contributed by atoms with Gasteiger partial charge in [0.1, 0.15) is 0 Å². The van der Waals surface area contributed by atoms with Crippen molar-refractivity contribution in [1.29, 1.82) is 0 Å². The van der Waals surface area contributed by atoms with Gasteiger partial charge >= 0.3 is 0 Å². The zero-order valence-corrected chi connectivity index (χ0v) is 8.32. The van der Waals surface area contributed by atoms with Crippen LogP contribution in [0.25, 0.3) is 0 Å². The molecule has 0 aromatic heterocycles. The molecule has 3 heteroatoms. The molecule has 80 valence electrons. The fraction of sp³-hybridized carbons (Fsp3) is 1.00. The summed E-state index contributed by atoms with van der Waals surface area (Å²) in [5.41, 5.74) is -1.49. The molecule has 0 aromatic rings. The first kappa shape index (κ1) is 9.13. The van der Waals surface area contributed by atoms with Gasteiger partial charge in [-0.05, 0) is 32.1 Å². The molecule has 3 rings (SSSR count). The average molecular weight is 198 g/mol. The van der Waals surface area contributed by atoms with E-state index in [1.165, 1.54) is 0 Å². The predicted molar refractivity (Wildman–Crippen MR) is 50.6 cm³/mol. The topological polar surface area (TPSA) is 60.7 Å². The summed E-state index contributed by atoms with van der Waals surface area (Å²) in [4.78, 5) is 0. The Labute approximate surface area is 83.8 Å². The fourth-order valence-electron chi connectivity index (χ4n) is 4.38. The molecule has 0 aliphatic heterocycles. The van der Waals surface area contributed by atoms with Gasteiger partial charge in [-0.15, -0.1) is 0 Å². The number of fused-ring (bicyclic) bond motifs is 4. The largest absolute Gasteiger partial charge is 0.393 e. The molecular formula is C11H18O3. The molecule has 3 fully saturated rings. The summed E-state index contributed by atoms with van der Waals surface area (Å²) in [5.74, 6) is -0.230. The lowest BCUT2D eigenvalue weighted by atomic mass is 9.46. The molecule has 5 unspecified atom stereocenters. The summed E-state index contributed by atoms with van der Waals surface area (Å²) in [5, 5.41) is 30.6. The highest BCUT2D eigenvalue weighted by Crippen LogP contribution is 2.65. The maximum Gasteiger partial charge on any atom is 0.0783 e. The molecule has 0 bridgehead atoms. The second-order valence-corrected chi connectivity index (χ2v) is 5.36. The number of aliphatic hydroxyl groups excluding tert-OH is 1. The van der Waals surface area contributed by atoms with Gasteiger partial charge in [0.15, 0.2) is 0 Å². The van der Waals surface area contributed by atoms with Crippen molar-refractivity contribution < 1.29 is 15.3 Å². The summed E-state index contributed by atoms with van der Waals surface area (Å²) in [7, 11) is 0. The zero-order chi connectivity index (χ0) is 9.97. The summed E-state index contributed by atoms with van der Waals surface area (Å²) in [6, 6.07) is 0. The third-order valence-corrected chi connectivity index (χ3v) is 4.82. The van der Waals surface area contributed by atoms with Crippen LogP contribution in [-0.2, 0) is 0 Å². The Hall–Kier alpha value is -0.120. The second-order valence-electron chi connectivity index (χ2n) is 5.36. The normalized spacial score (nSPS) is 61.5. The van der Waals surface area contributed by atoms with Gasteiger partial charge in [-0.2, -0.15) is 0 Å². The molecule has 3 N–H and O–H groups in total. The van der Waals surface area contributed by atoms with Crippen molar-refractivity contribution in [3.8, 4) is 0 Å². The number of rotatable bonds is 0. The molecule has 0 radical (unpaired) electrons. The van der Waals surface area contributed by atoms with E-state index >= 15 is 0 Å². The molecule has 3 saturated carbocycles. The van der Waals surface area contributed by atoms with E-state index in [4.69, 9.17) is 0 Å². The highest BCUT2D eigenvalue weighted by atomic mass is 16.3. The van der Waals surface area contributed by atoms with E-state index in [0.717, 1.165) is 38.5 Å². The van der Waals surface area contributed by atoms with Crippen LogP contribution in [0.4, 0.5) is 0 Å². The second kappa shape index (κ2) is 2.52. The SMILES string of the molecule is OC1CCCC2(O)C3CCCC3(O)C12. The van der Waals surface area contributed by atoms with E-state index < -0.39 is 17.3 Å². The maximum absolute atomic E-state index is 10.4. The standard InChI is InChI=1S/C11H18O3/c12-7-3-1-5-10(13)8-4-2-6-11(8,14)9(7)10/h7-9,12-14H,1-6H2. The van der Waals surface area contributed by atoms with E-state index in [9.17, 15) is 15.3 Å². The van der Waals surface area contributed by atoms with E-state index in [2.05, 4.69) is 0 Å². The molecule has 0 saturated heterocycles. The lowest BCUT2D eigenvalue weighted by Crippen LogP contribution is -2.76. The van der Waals surface area contributed by atoms with Crippen LogP contribution in [-0.4, -0.2) is 32.6 Å². The van der Waals surface area contributed by atoms with Crippen molar-refractivity contribution in [3.63, 3.8) is 0 Å². The van der Waals surface area contributed by atoms with Gasteiger partial charge in [0.2, 0.25) is 0 Å². The lowest BCUT2D eigenvalue weighted by Gasteiger charge is -2.64. The van der Waals surface area contributed by atoms with Gasteiger partial charge in [0.25, 0.3) is 0 Å². The Morgan fingerprint density at radius 2 is 1.50 bits per heavy atom. The van der Waals surface area contributed by atoms with Crippen LogP contribution in [0.2, 0.25) is 0 Å². The van der Waals surface area contributed by atoms with E-state index in [-0.39, 0.29) is 11.8 Å². The van der Waals surface area contributed by atoms with Crippen LogP contribution >= 0.6 is 0 Å². The third-order valence-electron chi connectivity index (χ3n) is 4.82. The minimum absolute atomic E-state index is 0.0370. The number of aliphatic hydroxyl groups is 3. The van der Waals surface area contributed by atoms with E-state index in [0.29, 0.717) is 0 Å². The van der Waals surface area contributed by atoms with Crippen molar-refractivity contribution in [2.75, 3.05) is 0 Å². The van der Waals surface area contributed by atoms with Gasteiger partial charge < -0.3 is 15.3 Å². The van der Waals surface area contributed by atoms with E-state index in [1.54, 1.807) is 0 Å².